The molecule has 0 aromatic carbocycles. The number of aromatic nitrogens is 3. The predicted molar refractivity (Wildman–Crippen MR) is 74.5 cm³/mol. The standard InChI is InChI=1S/C15H17N3O3/c1-3-10-6-5-9-16-11(10)12-17-13(21-18-12)15(7-8-15)14(19)20-4-2/h5-6,9H,3-4,7-8H2,1-2H3. The predicted octanol–water partition coefficient (Wildman–Crippen LogP) is 2.29. The maximum Gasteiger partial charge on any atom is 0.321 e. The molecule has 0 aliphatic heterocycles. The van der Waals surface area contributed by atoms with Gasteiger partial charge in [0.2, 0.25) is 11.7 Å². The topological polar surface area (TPSA) is 78.1 Å². The van der Waals surface area contributed by atoms with Gasteiger partial charge in [-0.25, -0.2) is 0 Å². The van der Waals surface area contributed by atoms with Crippen molar-refractivity contribution in [2.75, 3.05) is 6.61 Å². The van der Waals surface area contributed by atoms with Gasteiger partial charge >= 0.3 is 5.97 Å². The van der Waals surface area contributed by atoms with Gasteiger partial charge in [-0.3, -0.25) is 9.78 Å². The maximum absolute atomic E-state index is 12.0. The minimum atomic E-state index is -0.734. The number of hydrogen-bond acceptors (Lipinski definition) is 6. The molecule has 6 heteroatoms. The third-order valence-corrected chi connectivity index (χ3v) is 3.74. The lowest BCUT2D eigenvalue weighted by Crippen LogP contribution is -2.23. The average molecular weight is 287 g/mol. The fourth-order valence-electron chi connectivity index (χ4n) is 2.34. The van der Waals surface area contributed by atoms with Gasteiger partial charge in [0.25, 0.3) is 0 Å². The Balaban J connectivity index is 1.92. The van der Waals surface area contributed by atoms with Crippen LogP contribution in [-0.4, -0.2) is 27.7 Å². The Hall–Kier alpha value is -2.24. The first-order valence-corrected chi connectivity index (χ1v) is 7.17. The average Bonchev–Trinajstić information content (AvgIpc) is 3.18. The molecule has 21 heavy (non-hydrogen) atoms. The van der Waals surface area contributed by atoms with Crippen molar-refractivity contribution in [1.29, 1.82) is 0 Å². The highest BCUT2D eigenvalue weighted by molar-refractivity contribution is 5.85. The Morgan fingerprint density at radius 2 is 2.24 bits per heavy atom. The molecular formula is C15H17N3O3. The molecule has 110 valence electrons. The smallest absolute Gasteiger partial charge is 0.321 e. The minimum Gasteiger partial charge on any atom is -0.465 e. The van der Waals surface area contributed by atoms with Crippen LogP contribution in [0.15, 0.2) is 22.9 Å². The van der Waals surface area contributed by atoms with E-state index in [0.717, 1.165) is 12.0 Å². The van der Waals surface area contributed by atoms with E-state index in [0.29, 0.717) is 36.9 Å². The van der Waals surface area contributed by atoms with Crippen LogP contribution in [0, 0.1) is 0 Å². The third-order valence-electron chi connectivity index (χ3n) is 3.74. The van der Waals surface area contributed by atoms with Crippen molar-refractivity contribution in [2.45, 2.75) is 38.5 Å². The number of ether oxygens (including phenoxy) is 1. The lowest BCUT2D eigenvalue weighted by Gasteiger charge is -2.08. The molecule has 3 rings (SSSR count). The summed E-state index contributed by atoms with van der Waals surface area (Å²) in [5.41, 5.74) is 1.02. The van der Waals surface area contributed by atoms with Crippen LogP contribution >= 0.6 is 0 Å². The van der Waals surface area contributed by atoms with E-state index in [1.54, 1.807) is 13.1 Å². The van der Waals surface area contributed by atoms with Gasteiger partial charge in [-0.1, -0.05) is 18.1 Å². The maximum atomic E-state index is 12.0. The van der Waals surface area contributed by atoms with Gasteiger partial charge in [0.1, 0.15) is 11.1 Å². The molecule has 1 aliphatic rings. The molecule has 0 amide bonds. The molecule has 1 aliphatic carbocycles. The zero-order valence-corrected chi connectivity index (χ0v) is 12.1. The first kappa shape index (κ1) is 13.7. The number of carbonyl (C=O) groups is 1. The molecule has 1 fully saturated rings. The summed E-state index contributed by atoms with van der Waals surface area (Å²) in [7, 11) is 0. The van der Waals surface area contributed by atoms with Crippen molar-refractivity contribution >= 4 is 5.97 Å². The molecule has 0 atom stereocenters. The second-order valence-electron chi connectivity index (χ2n) is 5.09. The van der Waals surface area contributed by atoms with E-state index < -0.39 is 5.41 Å². The number of hydrogen-bond donors (Lipinski definition) is 0. The van der Waals surface area contributed by atoms with Gasteiger partial charge in [-0.05, 0) is 37.8 Å². The number of esters is 1. The zero-order chi connectivity index (χ0) is 14.9. The zero-order valence-electron chi connectivity index (χ0n) is 12.1. The number of aryl methyl sites for hydroxylation is 1. The molecule has 0 spiro atoms. The summed E-state index contributed by atoms with van der Waals surface area (Å²) in [6.45, 7) is 4.18. The molecule has 2 aromatic heterocycles. The highest BCUT2D eigenvalue weighted by Gasteiger charge is 2.57. The minimum absolute atomic E-state index is 0.281. The Labute approximate surface area is 122 Å². The van der Waals surface area contributed by atoms with Crippen LogP contribution in [0.4, 0.5) is 0 Å². The molecule has 6 nitrogen and oxygen atoms in total. The van der Waals surface area contributed by atoms with Crippen LogP contribution in [-0.2, 0) is 21.4 Å². The first-order chi connectivity index (χ1) is 10.2. The van der Waals surface area contributed by atoms with E-state index in [-0.39, 0.29) is 5.97 Å². The van der Waals surface area contributed by atoms with Crippen LogP contribution in [0.2, 0.25) is 0 Å². The van der Waals surface area contributed by atoms with E-state index in [2.05, 4.69) is 15.1 Å². The van der Waals surface area contributed by atoms with Crippen LogP contribution in [0.3, 0.4) is 0 Å². The Kier molecular flexibility index (Phi) is 3.45. The Bertz CT molecular complexity index is 662. The molecule has 1 saturated carbocycles. The Morgan fingerprint density at radius 3 is 2.90 bits per heavy atom. The molecule has 0 saturated heterocycles. The van der Waals surface area contributed by atoms with Gasteiger partial charge < -0.3 is 9.26 Å². The van der Waals surface area contributed by atoms with E-state index >= 15 is 0 Å². The highest BCUT2D eigenvalue weighted by Crippen LogP contribution is 2.48. The van der Waals surface area contributed by atoms with Gasteiger partial charge in [-0.15, -0.1) is 0 Å². The van der Waals surface area contributed by atoms with Crippen LogP contribution < -0.4 is 0 Å². The van der Waals surface area contributed by atoms with E-state index in [1.165, 1.54) is 0 Å². The number of nitrogens with zero attached hydrogens (tertiary/aromatic N) is 3. The van der Waals surface area contributed by atoms with Gasteiger partial charge in [0.05, 0.1) is 6.61 Å². The van der Waals surface area contributed by atoms with Gasteiger partial charge in [-0.2, -0.15) is 4.98 Å². The van der Waals surface area contributed by atoms with Crippen molar-refractivity contribution in [3.63, 3.8) is 0 Å². The SMILES string of the molecule is CCOC(=O)C1(c2nc(-c3ncccc3CC)no2)CC1. The molecule has 0 unspecified atom stereocenters. The lowest BCUT2D eigenvalue weighted by atomic mass is 10.1. The number of carbonyl (C=O) groups excluding carboxylic acids is 1. The van der Waals surface area contributed by atoms with Crippen molar-refractivity contribution in [1.82, 2.24) is 15.1 Å². The summed E-state index contributed by atoms with van der Waals surface area (Å²) in [6, 6.07) is 3.86. The molecule has 0 N–H and O–H groups in total. The summed E-state index contributed by atoms with van der Waals surface area (Å²) in [5.74, 6) is 0.485. The second-order valence-corrected chi connectivity index (χ2v) is 5.09. The summed E-state index contributed by atoms with van der Waals surface area (Å²) in [4.78, 5) is 20.7. The monoisotopic (exact) mass is 287 g/mol. The molecule has 0 bridgehead atoms. The fraction of sp³-hybridized carbons (Fsp3) is 0.467. The second kappa shape index (κ2) is 5.27. The summed E-state index contributed by atoms with van der Waals surface area (Å²) < 4.78 is 10.4. The van der Waals surface area contributed by atoms with Crippen molar-refractivity contribution in [3.8, 4) is 11.5 Å². The molecule has 2 aromatic rings. The number of rotatable bonds is 5. The quantitative estimate of drug-likeness (QED) is 0.785. The van der Waals surface area contributed by atoms with E-state index in [4.69, 9.17) is 9.26 Å². The summed E-state index contributed by atoms with van der Waals surface area (Å²) in [5, 5.41) is 3.99. The molecule has 0 radical (unpaired) electrons. The first-order valence-electron chi connectivity index (χ1n) is 7.17. The van der Waals surface area contributed by atoms with Gasteiger partial charge in [0, 0.05) is 6.20 Å². The van der Waals surface area contributed by atoms with Crippen molar-refractivity contribution in [3.05, 3.63) is 29.8 Å². The third kappa shape index (κ3) is 2.30. The van der Waals surface area contributed by atoms with Crippen LogP contribution in [0.5, 0.6) is 0 Å². The Morgan fingerprint density at radius 1 is 1.43 bits per heavy atom. The highest BCUT2D eigenvalue weighted by atomic mass is 16.5. The number of pyridine rings is 1. The fourth-order valence-corrected chi connectivity index (χ4v) is 2.34. The van der Waals surface area contributed by atoms with Gasteiger partial charge in [0.15, 0.2) is 0 Å². The van der Waals surface area contributed by atoms with Crippen LogP contribution in [0.1, 0.15) is 38.1 Å². The van der Waals surface area contributed by atoms with Crippen molar-refractivity contribution < 1.29 is 14.1 Å². The van der Waals surface area contributed by atoms with E-state index in [1.807, 2.05) is 19.1 Å². The van der Waals surface area contributed by atoms with Crippen LogP contribution in [0.25, 0.3) is 11.5 Å². The molecular weight excluding hydrogens is 270 g/mol. The summed E-state index contributed by atoms with van der Waals surface area (Å²) in [6.07, 6.45) is 3.91. The normalized spacial score (nSPS) is 15.7. The largest absolute Gasteiger partial charge is 0.465 e. The van der Waals surface area contributed by atoms with E-state index in [9.17, 15) is 4.79 Å². The molecule has 2 heterocycles. The summed E-state index contributed by atoms with van der Waals surface area (Å²) >= 11 is 0. The van der Waals surface area contributed by atoms with Crippen molar-refractivity contribution in [2.24, 2.45) is 0 Å². The lowest BCUT2D eigenvalue weighted by molar-refractivity contribution is -0.146.